The van der Waals surface area contributed by atoms with Gasteiger partial charge in [0.15, 0.2) is 0 Å². The van der Waals surface area contributed by atoms with Crippen LogP contribution in [0.15, 0.2) is 35.1 Å². The smallest absolute Gasteiger partial charge is 0.417 e. The highest BCUT2D eigenvalue weighted by molar-refractivity contribution is 5.88. The molecule has 0 unspecified atom stereocenters. The zero-order valence-corrected chi connectivity index (χ0v) is 16.5. The number of aromatic nitrogens is 4. The van der Waals surface area contributed by atoms with E-state index in [-0.39, 0.29) is 26.4 Å². The Kier molecular flexibility index (Phi) is 4.87. The minimum absolute atomic E-state index is 0. The molecule has 9 heteroatoms. The average Bonchev–Trinajstić information content (AvgIpc) is 3.07. The molecule has 9 nitrogen and oxygen atoms in total. The maximum atomic E-state index is 12.5. The van der Waals surface area contributed by atoms with Gasteiger partial charge in [0.1, 0.15) is 12.4 Å². The summed E-state index contributed by atoms with van der Waals surface area (Å²) in [5.74, 6) is 1.00. The van der Waals surface area contributed by atoms with Gasteiger partial charge in [-0.2, -0.15) is 15.0 Å². The van der Waals surface area contributed by atoms with Crippen molar-refractivity contribution in [3.8, 4) is 0 Å². The van der Waals surface area contributed by atoms with Crippen molar-refractivity contribution < 1.29 is 12.4 Å². The van der Waals surface area contributed by atoms with Crippen LogP contribution in [-0.2, 0) is 4.74 Å². The van der Waals surface area contributed by atoms with Crippen molar-refractivity contribution in [3.63, 3.8) is 0 Å². The first-order valence-corrected chi connectivity index (χ1v) is 9.53. The predicted octanol–water partition coefficient (Wildman–Crippen LogP) is 3.42. The topological polar surface area (TPSA) is 113 Å². The van der Waals surface area contributed by atoms with Gasteiger partial charge in [0.25, 0.3) is 5.56 Å². The molecule has 0 radical (unpaired) electrons. The number of hydrogen-bond acceptors (Lipinski definition) is 7. The molecule has 2 N–H and O–H groups in total. The minimum Gasteiger partial charge on any atom is -0.447 e. The SMILES string of the molecule is CC[C@H]1COC(=O)N1c1nc(C)nc(N[C@@H](C)c2cc3ccccc3[nH]c2=O)n1.[HH].[HH]. The number of aryl methyl sites for hydroxylation is 1. The molecule has 0 saturated carbocycles. The van der Waals surface area contributed by atoms with E-state index in [4.69, 9.17) is 4.74 Å². The highest BCUT2D eigenvalue weighted by Crippen LogP contribution is 2.23. The van der Waals surface area contributed by atoms with E-state index in [0.29, 0.717) is 23.9 Å². The molecule has 29 heavy (non-hydrogen) atoms. The van der Waals surface area contributed by atoms with Crippen molar-refractivity contribution in [3.05, 3.63) is 52.1 Å². The second-order valence-electron chi connectivity index (χ2n) is 7.02. The van der Waals surface area contributed by atoms with Gasteiger partial charge < -0.3 is 15.0 Å². The number of hydrogen-bond donors (Lipinski definition) is 2. The van der Waals surface area contributed by atoms with Crippen LogP contribution in [0.5, 0.6) is 0 Å². The Morgan fingerprint density at radius 1 is 1.31 bits per heavy atom. The molecule has 1 aliphatic heterocycles. The van der Waals surface area contributed by atoms with E-state index in [9.17, 15) is 9.59 Å². The molecule has 1 fully saturated rings. The largest absolute Gasteiger partial charge is 0.447 e. The number of rotatable bonds is 5. The molecule has 154 valence electrons. The number of aromatic amines is 1. The lowest BCUT2D eigenvalue weighted by Crippen LogP contribution is -2.35. The van der Waals surface area contributed by atoms with Gasteiger partial charge >= 0.3 is 6.09 Å². The maximum absolute atomic E-state index is 12.5. The number of benzene rings is 1. The molecule has 3 aromatic rings. The predicted molar refractivity (Wildman–Crippen MR) is 113 cm³/mol. The molecular weight excluding hydrogens is 372 g/mol. The van der Waals surface area contributed by atoms with Gasteiger partial charge in [-0.1, -0.05) is 25.1 Å². The second kappa shape index (κ2) is 7.50. The van der Waals surface area contributed by atoms with Crippen molar-refractivity contribution in [1.29, 1.82) is 0 Å². The fraction of sp³-hybridized carbons (Fsp3) is 0.350. The minimum atomic E-state index is -0.465. The lowest BCUT2D eigenvalue weighted by Gasteiger charge is -2.20. The summed E-state index contributed by atoms with van der Waals surface area (Å²) in [6, 6.07) is 8.98. The third-order valence-corrected chi connectivity index (χ3v) is 4.98. The number of para-hydroxylation sites is 1. The standard InChI is InChI=1S/C20H22N6O3.2H2/c1-4-14-10-29-20(28)26(14)19-23-12(3)22-18(25-19)21-11(2)15-9-13-7-5-6-8-16(13)24-17(15)27;;/h5-9,11,14H,4,10H2,1-3H3,(H,24,27)(H,21,22,23,25);2*1H/t11-,14-;;/m0../s1. The van der Waals surface area contributed by atoms with E-state index >= 15 is 0 Å². The number of nitrogens with one attached hydrogen (secondary N) is 2. The van der Waals surface area contributed by atoms with Crippen LogP contribution in [0.1, 0.15) is 40.6 Å². The van der Waals surface area contributed by atoms with Crippen LogP contribution in [0.3, 0.4) is 0 Å². The zero-order valence-electron chi connectivity index (χ0n) is 16.5. The lowest BCUT2D eigenvalue weighted by atomic mass is 10.1. The molecule has 1 aromatic carbocycles. The van der Waals surface area contributed by atoms with Crippen LogP contribution >= 0.6 is 0 Å². The third-order valence-electron chi connectivity index (χ3n) is 4.98. The Morgan fingerprint density at radius 3 is 2.90 bits per heavy atom. The summed E-state index contributed by atoms with van der Waals surface area (Å²) in [5.41, 5.74) is 1.17. The number of fused-ring (bicyclic) bond motifs is 1. The summed E-state index contributed by atoms with van der Waals surface area (Å²) < 4.78 is 5.13. The third kappa shape index (κ3) is 3.63. The van der Waals surface area contributed by atoms with Crippen LogP contribution < -0.4 is 15.8 Å². The number of cyclic esters (lactones) is 1. The Morgan fingerprint density at radius 2 is 2.10 bits per heavy atom. The molecular formula is C20H26N6O3. The first kappa shape index (κ1) is 18.9. The Balaban J connectivity index is 0.00000171. The quantitative estimate of drug-likeness (QED) is 0.677. The summed E-state index contributed by atoms with van der Waals surface area (Å²) in [5, 5.41) is 4.09. The molecule has 2 aromatic heterocycles. The first-order valence-electron chi connectivity index (χ1n) is 9.53. The van der Waals surface area contributed by atoms with E-state index in [0.717, 1.165) is 17.3 Å². The van der Waals surface area contributed by atoms with E-state index in [1.165, 1.54) is 4.90 Å². The fourth-order valence-corrected chi connectivity index (χ4v) is 3.40. The van der Waals surface area contributed by atoms with E-state index in [1.54, 1.807) is 6.92 Å². The molecule has 1 amide bonds. The van der Waals surface area contributed by atoms with Gasteiger partial charge in [0.05, 0.1) is 12.1 Å². The molecule has 1 aliphatic rings. The van der Waals surface area contributed by atoms with Gasteiger partial charge in [0.2, 0.25) is 11.9 Å². The van der Waals surface area contributed by atoms with Gasteiger partial charge in [-0.05, 0) is 37.8 Å². The number of ether oxygens (including phenoxy) is 1. The van der Waals surface area contributed by atoms with Crippen LogP contribution in [0.4, 0.5) is 16.7 Å². The molecule has 3 heterocycles. The number of amides is 1. The number of carbonyl (C=O) groups is 1. The van der Waals surface area contributed by atoms with Crippen molar-refractivity contribution in [2.75, 3.05) is 16.8 Å². The van der Waals surface area contributed by atoms with Crippen LogP contribution in [-0.4, -0.2) is 38.7 Å². The normalized spacial score (nSPS) is 17.4. The van der Waals surface area contributed by atoms with Crippen molar-refractivity contribution in [1.82, 2.24) is 19.9 Å². The van der Waals surface area contributed by atoms with Crippen LogP contribution in [0, 0.1) is 6.92 Å². The fourth-order valence-electron chi connectivity index (χ4n) is 3.40. The summed E-state index contributed by atoms with van der Waals surface area (Å²) in [7, 11) is 0. The number of nitrogens with zero attached hydrogens (tertiary/aromatic N) is 4. The van der Waals surface area contributed by atoms with Gasteiger partial charge in [0, 0.05) is 13.9 Å². The number of pyridine rings is 1. The van der Waals surface area contributed by atoms with E-state index in [1.807, 2.05) is 44.2 Å². The molecule has 0 bridgehead atoms. The summed E-state index contributed by atoms with van der Waals surface area (Å²) in [6.45, 7) is 5.87. The first-order chi connectivity index (χ1) is 14.0. The molecule has 0 aliphatic carbocycles. The number of anilines is 2. The van der Waals surface area contributed by atoms with Crippen LogP contribution in [0.2, 0.25) is 0 Å². The van der Waals surface area contributed by atoms with Gasteiger partial charge in [-0.3, -0.25) is 4.79 Å². The summed E-state index contributed by atoms with van der Waals surface area (Å²) in [4.78, 5) is 42.0. The van der Waals surface area contributed by atoms with Gasteiger partial charge in [-0.25, -0.2) is 9.69 Å². The maximum Gasteiger partial charge on any atom is 0.417 e. The van der Waals surface area contributed by atoms with E-state index < -0.39 is 6.09 Å². The summed E-state index contributed by atoms with van der Waals surface area (Å²) in [6.07, 6.45) is 0.259. The van der Waals surface area contributed by atoms with Crippen LogP contribution in [0.25, 0.3) is 10.9 Å². The van der Waals surface area contributed by atoms with E-state index in [2.05, 4.69) is 25.3 Å². The molecule has 1 saturated heterocycles. The van der Waals surface area contributed by atoms with Crippen molar-refractivity contribution in [2.24, 2.45) is 0 Å². The number of carbonyl (C=O) groups excluding carboxylic acids is 1. The van der Waals surface area contributed by atoms with Gasteiger partial charge in [-0.15, -0.1) is 0 Å². The van der Waals surface area contributed by atoms with Crippen molar-refractivity contribution in [2.45, 2.75) is 39.3 Å². The molecule has 2 atom stereocenters. The molecule has 4 rings (SSSR count). The highest BCUT2D eigenvalue weighted by atomic mass is 16.6. The Bertz CT molecular complexity index is 1140. The Labute approximate surface area is 170 Å². The second-order valence-corrected chi connectivity index (χ2v) is 7.02. The zero-order chi connectivity index (χ0) is 20.5. The lowest BCUT2D eigenvalue weighted by molar-refractivity contribution is 0.178. The Hall–Kier alpha value is -3.49. The van der Waals surface area contributed by atoms with Crippen molar-refractivity contribution >= 4 is 28.9 Å². The molecule has 0 spiro atoms. The highest BCUT2D eigenvalue weighted by Gasteiger charge is 2.35. The monoisotopic (exact) mass is 398 g/mol. The average molecular weight is 398 g/mol. The number of H-pyrrole nitrogens is 1. The summed E-state index contributed by atoms with van der Waals surface area (Å²) >= 11 is 0.